The highest BCUT2D eigenvalue weighted by molar-refractivity contribution is 4.88. The maximum atomic E-state index is 10.2. The first-order valence-corrected chi connectivity index (χ1v) is 5.79. The predicted octanol–water partition coefficient (Wildman–Crippen LogP) is 2.32. The van der Waals surface area contributed by atoms with E-state index in [1.807, 2.05) is 6.92 Å². The van der Waals surface area contributed by atoms with Crippen molar-refractivity contribution < 1.29 is 5.11 Å². The Morgan fingerprint density at radius 1 is 1.21 bits per heavy atom. The fourth-order valence-corrected chi connectivity index (χ4v) is 1.92. The summed E-state index contributed by atoms with van der Waals surface area (Å²) < 4.78 is 0. The van der Waals surface area contributed by atoms with E-state index >= 15 is 0 Å². The Kier molecular flexibility index (Phi) is 3.59. The Bertz CT molecular complexity index is 177. The second-order valence-corrected chi connectivity index (χ2v) is 5.91. The lowest BCUT2D eigenvalue weighted by Crippen LogP contribution is -2.44. The van der Waals surface area contributed by atoms with Crippen LogP contribution >= 0.6 is 0 Å². The monoisotopic (exact) mass is 199 g/mol. The topological polar surface area (TPSA) is 32.3 Å². The van der Waals surface area contributed by atoms with Gasteiger partial charge >= 0.3 is 0 Å². The van der Waals surface area contributed by atoms with E-state index in [0.29, 0.717) is 5.92 Å². The molecule has 0 amide bonds. The van der Waals surface area contributed by atoms with E-state index in [1.165, 1.54) is 19.3 Å². The van der Waals surface area contributed by atoms with Gasteiger partial charge < -0.3 is 10.4 Å². The van der Waals surface area contributed by atoms with E-state index < -0.39 is 5.60 Å². The molecule has 14 heavy (non-hydrogen) atoms. The highest BCUT2D eigenvalue weighted by atomic mass is 16.3. The Hall–Kier alpha value is -0.0800. The largest absolute Gasteiger partial charge is 0.390 e. The van der Waals surface area contributed by atoms with Crippen molar-refractivity contribution in [2.24, 2.45) is 5.92 Å². The van der Waals surface area contributed by atoms with Crippen molar-refractivity contribution in [3.63, 3.8) is 0 Å². The Labute approximate surface area is 88.1 Å². The standard InChI is InChI=1S/C12H25NO/c1-11(2,3)13-9-8-12(4,14)10-6-5-7-10/h10,13-14H,5-9H2,1-4H3. The molecule has 1 atom stereocenters. The van der Waals surface area contributed by atoms with Gasteiger partial charge in [-0.2, -0.15) is 0 Å². The molecule has 0 spiro atoms. The summed E-state index contributed by atoms with van der Waals surface area (Å²) in [4.78, 5) is 0. The summed E-state index contributed by atoms with van der Waals surface area (Å²) in [6, 6.07) is 0. The van der Waals surface area contributed by atoms with E-state index in [-0.39, 0.29) is 5.54 Å². The first-order chi connectivity index (χ1) is 6.31. The third-order valence-electron chi connectivity index (χ3n) is 3.27. The van der Waals surface area contributed by atoms with E-state index in [0.717, 1.165) is 13.0 Å². The van der Waals surface area contributed by atoms with Gasteiger partial charge in [-0.25, -0.2) is 0 Å². The van der Waals surface area contributed by atoms with Crippen molar-refractivity contribution in [2.75, 3.05) is 6.54 Å². The highest BCUT2D eigenvalue weighted by Gasteiger charge is 2.35. The Morgan fingerprint density at radius 3 is 2.14 bits per heavy atom. The van der Waals surface area contributed by atoms with Gasteiger partial charge in [-0.15, -0.1) is 0 Å². The second-order valence-electron chi connectivity index (χ2n) is 5.91. The molecule has 0 aromatic heterocycles. The number of hydrogen-bond acceptors (Lipinski definition) is 2. The van der Waals surface area contributed by atoms with Crippen LogP contribution in [0.1, 0.15) is 53.4 Å². The number of aliphatic hydroxyl groups is 1. The van der Waals surface area contributed by atoms with Gasteiger partial charge in [-0.1, -0.05) is 6.42 Å². The first kappa shape index (κ1) is 12.0. The zero-order valence-electron chi connectivity index (χ0n) is 10.1. The minimum absolute atomic E-state index is 0.162. The quantitative estimate of drug-likeness (QED) is 0.728. The predicted molar refractivity (Wildman–Crippen MR) is 60.3 cm³/mol. The molecule has 0 aromatic carbocycles. The van der Waals surface area contributed by atoms with Gasteiger partial charge in [0.05, 0.1) is 5.60 Å². The molecule has 1 aliphatic carbocycles. The van der Waals surface area contributed by atoms with Crippen LogP contribution in [0, 0.1) is 5.92 Å². The normalized spacial score (nSPS) is 22.9. The molecule has 0 bridgehead atoms. The van der Waals surface area contributed by atoms with Crippen LogP contribution in [0.5, 0.6) is 0 Å². The number of hydrogen-bond donors (Lipinski definition) is 2. The van der Waals surface area contributed by atoms with Gasteiger partial charge in [0.1, 0.15) is 0 Å². The summed E-state index contributed by atoms with van der Waals surface area (Å²) in [5.41, 5.74) is -0.286. The molecule has 0 radical (unpaired) electrons. The molecular formula is C12H25NO. The Morgan fingerprint density at radius 2 is 1.79 bits per heavy atom. The van der Waals surface area contributed by atoms with Gasteiger partial charge in [0.2, 0.25) is 0 Å². The molecule has 2 heteroatoms. The van der Waals surface area contributed by atoms with Crippen LogP contribution < -0.4 is 5.32 Å². The molecule has 1 aliphatic rings. The van der Waals surface area contributed by atoms with E-state index in [2.05, 4.69) is 26.1 Å². The van der Waals surface area contributed by atoms with Gasteiger partial charge in [0.25, 0.3) is 0 Å². The highest BCUT2D eigenvalue weighted by Crippen LogP contribution is 2.37. The van der Waals surface area contributed by atoms with Gasteiger partial charge in [-0.3, -0.25) is 0 Å². The molecular weight excluding hydrogens is 174 g/mol. The summed E-state index contributed by atoms with van der Waals surface area (Å²) >= 11 is 0. The molecule has 1 saturated carbocycles. The maximum absolute atomic E-state index is 10.2. The molecule has 0 aromatic rings. The van der Waals surface area contributed by atoms with Crippen molar-refractivity contribution >= 4 is 0 Å². The minimum Gasteiger partial charge on any atom is -0.390 e. The van der Waals surface area contributed by atoms with Crippen molar-refractivity contribution in [1.82, 2.24) is 5.32 Å². The number of nitrogens with one attached hydrogen (secondary N) is 1. The fourth-order valence-electron chi connectivity index (χ4n) is 1.92. The van der Waals surface area contributed by atoms with Gasteiger partial charge in [-0.05, 0) is 59.4 Å². The average Bonchev–Trinajstić information content (AvgIpc) is 1.75. The lowest BCUT2D eigenvalue weighted by Gasteiger charge is -2.39. The van der Waals surface area contributed by atoms with Crippen LogP contribution in [0.4, 0.5) is 0 Å². The van der Waals surface area contributed by atoms with Crippen molar-refractivity contribution in [3.05, 3.63) is 0 Å². The van der Waals surface area contributed by atoms with E-state index in [1.54, 1.807) is 0 Å². The van der Waals surface area contributed by atoms with Crippen LogP contribution in [0.2, 0.25) is 0 Å². The van der Waals surface area contributed by atoms with Crippen molar-refractivity contribution in [3.8, 4) is 0 Å². The summed E-state index contributed by atoms with van der Waals surface area (Å²) in [7, 11) is 0. The number of rotatable bonds is 4. The third kappa shape index (κ3) is 3.58. The zero-order chi connectivity index (χ0) is 10.8. The maximum Gasteiger partial charge on any atom is 0.0659 e. The third-order valence-corrected chi connectivity index (χ3v) is 3.27. The van der Waals surface area contributed by atoms with Gasteiger partial charge in [0, 0.05) is 5.54 Å². The molecule has 1 rings (SSSR count). The molecule has 0 saturated heterocycles. The molecule has 0 heterocycles. The van der Waals surface area contributed by atoms with E-state index in [9.17, 15) is 5.11 Å². The van der Waals surface area contributed by atoms with Crippen LogP contribution in [0.15, 0.2) is 0 Å². The summed E-state index contributed by atoms with van der Waals surface area (Å²) in [6.07, 6.45) is 4.59. The van der Waals surface area contributed by atoms with Crippen LogP contribution in [-0.4, -0.2) is 22.8 Å². The van der Waals surface area contributed by atoms with Gasteiger partial charge in [0.15, 0.2) is 0 Å². The summed E-state index contributed by atoms with van der Waals surface area (Å²) in [6.45, 7) is 9.37. The summed E-state index contributed by atoms with van der Waals surface area (Å²) in [5, 5.41) is 13.6. The smallest absolute Gasteiger partial charge is 0.0659 e. The summed E-state index contributed by atoms with van der Waals surface area (Å²) in [5.74, 6) is 0.546. The molecule has 84 valence electrons. The lowest BCUT2D eigenvalue weighted by atomic mass is 9.72. The second kappa shape index (κ2) is 4.19. The Balaban J connectivity index is 2.22. The van der Waals surface area contributed by atoms with Crippen molar-refractivity contribution in [1.29, 1.82) is 0 Å². The zero-order valence-corrected chi connectivity index (χ0v) is 10.1. The molecule has 1 fully saturated rings. The van der Waals surface area contributed by atoms with Crippen LogP contribution in [0.25, 0.3) is 0 Å². The first-order valence-electron chi connectivity index (χ1n) is 5.79. The van der Waals surface area contributed by atoms with Crippen LogP contribution in [0.3, 0.4) is 0 Å². The minimum atomic E-state index is -0.448. The molecule has 2 nitrogen and oxygen atoms in total. The molecule has 2 N–H and O–H groups in total. The molecule has 0 aliphatic heterocycles. The fraction of sp³-hybridized carbons (Fsp3) is 1.00. The lowest BCUT2D eigenvalue weighted by molar-refractivity contribution is -0.0412. The SMILES string of the molecule is CC(C)(C)NCCC(C)(O)C1CCC1. The molecule has 1 unspecified atom stereocenters. The van der Waals surface area contributed by atoms with E-state index in [4.69, 9.17) is 0 Å². The van der Waals surface area contributed by atoms with Crippen LogP contribution in [-0.2, 0) is 0 Å². The average molecular weight is 199 g/mol. The van der Waals surface area contributed by atoms with Crippen molar-refractivity contribution in [2.45, 2.75) is 64.5 Å².